The molecule has 37 heavy (non-hydrogen) atoms. The van der Waals surface area contributed by atoms with Crippen LogP contribution in [0.3, 0.4) is 0 Å². The predicted octanol–water partition coefficient (Wildman–Crippen LogP) is 8.37. The number of nitrogens with one attached hydrogen (secondary N) is 1. The minimum atomic E-state index is -0.308. The van der Waals surface area contributed by atoms with E-state index in [1.807, 2.05) is 60.7 Å². The van der Waals surface area contributed by atoms with Crippen LogP contribution in [0.4, 0.5) is 0 Å². The number of rotatable bonds is 3. The maximum absolute atomic E-state index is 6.58. The van der Waals surface area contributed by atoms with E-state index in [9.17, 15) is 0 Å². The normalized spacial score (nSPS) is 15.1. The Morgan fingerprint density at radius 2 is 1.68 bits per heavy atom. The minimum absolute atomic E-state index is 0.308. The second kappa shape index (κ2) is 7.98. The zero-order valence-electron chi connectivity index (χ0n) is 19.6. The summed E-state index contributed by atoms with van der Waals surface area (Å²) in [6.45, 7) is 0.407. The number of hydrogen-bond acceptors (Lipinski definition) is 5. The molecule has 7 aromatic rings. The Balaban J connectivity index is 1.39. The van der Waals surface area contributed by atoms with Crippen LogP contribution in [0, 0.1) is 0 Å². The fraction of sp³-hybridized carbons (Fsp3) is 0.0645. The highest BCUT2D eigenvalue weighted by atomic mass is 32.1. The van der Waals surface area contributed by atoms with Crippen LogP contribution in [-0.2, 0) is 0 Å². The molecule has 0 amide bonds. The number of nitrogens with zero attached hydrogens (tertiary/aromatic N) is 1. The van der Waals surface area contributed by atoms with E-state index in [0.717, 1.165) is 71.2 Å². The standard InChI is InChI=1S/C31H20N2O3S/c1-4-12-22-18(8-1)16-25(35-22)30-29(26-17-34-23-13-5-6-14-24(23)36-26)28-19(9-7-15-27(28)37-30)31-32-20-10-2-3-11-21(20)33-31/h1-16,26H,17H2,(H,32,33). The lowest BCUT2D eigenvalue weighted by atomic mass is 9.99. The Labute approximate surface area is 215 Å². The summed E-state index contributed by atoms with van der Waals surface area (Å²) in [7, 11) is 0. The van der Waals surface area contributed by atoms with E-state index in [1.54, 1.807) is 11.3 Å². The van der Waals surface area contributed by atoms with Crippen molar-refractivity contribution in [3.05, 3.63) is 103 Å². The molecule has 1 unspecified atom stereocenters. The van der Waals surface area contributed by atoms with Crippen LogP contribution in [0.15, 0.2) is 101 Å². The number of benzene rings is 4. The molecule has 1 aliphatic heterocycles. The lowest BCUT2D eigenvalue weighted by molar-refractivity contribution is 0.0928. The lowest BCUT2D eigenvalue weighted by Crippen LogP contribution is -2.21. The first kappa shape index (κ1) is 20.6. The number of thiophene rings is 1. The van der Waals surface area contributed by atoms with E-state index >= 15 is 0 Å². The third kappa shape index (κ3) is 3.26. The van der Waals surface area contributed by atoms with Gasteiger partial charge in [-0.25, -0.2) is 4.98 Å². The summed E-state index contributed by atoms with van der Waals surface area (Å²) in [5.74, 6) is 3.17. The van der Waals surface area contributed by atoms with Gasteiger partial charge in [0.1, 0.15) is 23.8 Å². The molecule has 1 atom stereocenters. The maximum atomic E-state index is 6.58. The second-order valence-electron chi connectivity index (χ2n) is 9.14. The van der Waals surface area contributed by atoms with Crippen molar-refractivity contribution in [3.63, 3.8) is 0 Å². The summed E-state index contributed by atoms with van der Waals surface area (Å²) in [5.41, 5.74) is 4.91. The van der Waals surface area contributed by atoms with Crippen LogP contribution in [0.1, 0.15) is 11.7 Å². The minimum Gasteiger partial charge on any atom is -0.485 e. The molecular weight excluding hydrogens is 480 g/mol. The number of hydrogen-bond donors (Lipinski definition) is 1. The Kier molecular flexibility index (Phi) is 4.45. The quantitative estimate of drug-likeness (QED) is 0.265. The number of fused-ring (bicyclic) bond motifs is 4. The van der Waals surface area contributed by atoms with Gasteiger partial charge in [0.2, 0.25) is 0 Å². The van der Waals surface area contributed by atoms with Crippen LogP contribution < -0.4 is 9.47 Å². The first-order valence-electron chi connectivity index (χ1n) is 12.2. The molecule has 0 saturated heterocycles. The van der Waals surface area contributed by atoms with Crippen LogP contribution >= 0.6 is 11.3 Å². The molecule has 1 aliphatic rings. The fourth-order valence-corrected chi connectivity index (χ4v) is 6.43. The number of aromatic amines is 1. The molecule has 178 valence electrons. The van der Waals surface area contributed by atoms with Crippen molar-refractivity contribution in [1.29, 1.82) is 0 Å². The van der Waals surface area contributed by atoms with Gasteiger partial charge in [-0.1, -0.05) is 54.6 Å². The SMILES string of the molecule is c1ccc2c(c1)OCC(c1c(-c3cc4ccccc4o3)sc3cccc(-c4nc5ccccc5[nH]4)c13)O2. The monoisotopic (exact) mass is 500 g/mol. The average molecular weight is 501 g/mol. The van der Waals surface area contributed by atoms with Gasteiger partial charge in [0.15, 0.2) is 17.6 Å². The highest BCUT2D eigenvalue weighted by molar-refractivity contribution is 7.22. The van der Waals surface area contributed by atoms with Crippen LogP contribution in [-0.4, -0.2) is 16.6 Å². The van der Waals surface area contributed by atoms with Gasteiger partial charge in [0.05, 0.1) is 15.9 Å². The first-order valence-corrected chi connectivity index (χ1v) is 13.0. The zero-order chi connectivity index (χ0) is 24.3. The number of H-pyrrole nitrogens is 1. The number of aromatic nitrogens is 2. The van der Waals surface area contributed by atoms with E-state index in [2.05, 4.69) is 41.4 Å². The summed E-state index contributed by atoms with van der Waals surface area (Å²) in [5, 5.41) is 2.18. The summed E-state index contributed by atoms with van der Waals surface area (Å²) in [4.78, 5) is 9.49. The molecule has 3 aromatic heterocycles. The Morgan fingerprint density at radius 1 is 0.838 bits per heavy atom. The van der Waals surface area contributed by atoms with E-state index in [-0.39, 0.29) is 6.10 Å². The van der Waals surface area contributed by atoms with Crippen molar-refractivity contribution in [3.8, 4) is 33.5 Å². The summed E-state index contributed by atoms with van der Waals surface area (Å²) < 4.78 is 20.3. The molecule has 0 spiro atoms. The zero-order valence-corrected chi connectivity index (χ0v) is 20.4. The first-order chi connectivity index (χ1) is 18.3. The van der Waals surface area contributed by atoms with Gasteiger partial charge in [0.25, 0.3) is 0 Å². The Hall–Kier alpha value is -4.55. The Morgan fingerprint density at radius 3 is 2.59 bits per heavy atom. The average Bonchev–Trinajstić information content (AvgIpc) is 3.67. The molecule has 0 aliphatic carbocycles. The number of para-hydroxylation sites is 5. The molecule has 0 radical (unpaired) electrons. The molecule has 1 N–H and O–H groups in total. The highest BCUT2D eigenvalue weighted by Crippen LogP contribution is 2.49. The van der Waals surface area contributed by atoms with Gasteiger partial charge in [-0.3, -0.25) is 0 Å². The van der Waals surface area contributed by atoms with Gasteiger partial charge < -0.3 is 18.9 Å². The van der Waals surface area contributed by atoms with Crippen molar-refractivity contribution in [1.82, 2.24) is 9.97 Å². The van der Waals surface area contributed by atoms with Gasteiger partial charge in [-0.2, -0.15) is 0 Å². The highest BCUT2D eigenvalue weighted by Gasteiger charge is 2.31. The molecule has 0 saturated carbocycles. The smallest absolute Gasteiger partial charge is 0.162 e. The van der Waals surface area contributed by atoms with E-state index in [0.29, 0.717) is 6.61 Å². The lowest BCUT2D eigenvalue weighted by Gasteiger charge is -2.27. The van der Waals surface area contributed by atoms with Crippen molar-refractivity contribution >= 4 is 43.4 Å². The third-order valence-corrected chi connectivity index (χ3v) is 8.06. The third-order valence-electron chi connectivity index (χ3n) is 6.88. The van der Waals surface area contributed by atoms with Crippen molar-refractivity contribution in [2.24, 2.45) is 0 Å². The van der Waals surface area contributed by atoms with Crippen molar-refractivity contribution in [2.75, 3.05) is 6.61 Å². The summed E-state index contributed by atoms with van der Waals surface area (Å²) in [6.07, 6.45) is -0.308. The molecule has 0 bridgehead atoms. The van der Waals surface area contributed by atoms with Crippen LogP contribution in [0.2, 0.25) is 0 Å². The maximum Gasteiger partial charge on any atom is 0.162 e. The largest absolute Gasteiger partial charge is 0.485 e. The molecule has 4 aromatic carbocycles. The van der Waals surface area contributed by atoms with Gasteiger partial charge >= 0.3 is 0 Å². The van der Waals surface area contributed by atoms with Gasteiger partial charge in [0, 0.05) is 26.6 Å². The molecular formula is C31H20N2O3S. The summed E-state index contributed by atoms with van der Waals surface area (Å²) >= 11 is 1.71. The Bertz CT molecular complexity index is 1880. The van der Waals surface area contributed by atoms with E-state index in [4.69, 9.17) is 18.9 Å². The van der Waals surface area contributed by atoms with Crippen molar-refractivity contribution in [2.45, 2.75) is 6.10 Å². The number of ether oxygens (including phenoxy) is 2. The van der Waals surface area contributed by atoms with E-state index < -0.39 is 0 Å². The molecule has 5 nitrogen and oxygen atoms in total. The van der Waals surface area contributed by atoms with Gasteiger partial charge in [-0.05, 0) is 42.5 Å². The number of imidazole rings is 1. The molecule has 8 rings (SSSR count). The van der Waals surface area contributed by atoms with Crippen LogP contribution in [0.5, 0.6) is 11.5 Å². The summed E-state index contributed by atoms with van der Waals surface area (Å²) in [6, 6.07) is 32.5. The van der Waals surface area contributed by atoms with Gasteiger partial charge in [-0.15, -0.1) is 11.3 Å². The fourth-order valence-electron chi connectivity index (χ4n) is 5.20. The van der Waals surface area contributed by atoms with Crippen LogP contribution in [0.25, 0.3) is 54.1 Å². The second-order valence-corrected chi connectivity index (χ2v) is 10.2. The topological polar surface area (TPSA) is 60.3 Å². The predicted molar refractivity (Wildman–Crippen MR) is 147 cm³/mol. The van der Waals surface area contributed by atoms with Crippen molar-refractivity contribution < 1.29 is 13.9 Å². The molecule has 4 heterocycles. The van der Waals surface area contributed by atoms with E-state index in [1.165, 1.54) is 0 Å². The number of furan rings is 1. The molecule has 0 fully saturated rings. The molecule has 6 heteroatoms.